The van der Waals surface area contributed by atoms with Gasteiger partial charge in [0.15, 0.2) is 0 Å². The van der Waals surface area contributed by atoms with E-state index in [0.29, 0.717) is 28.9 Å². The second kappa shape index (κ2) is 8.64. The molecule has 2 atom stereocenters. The maximum Gasteiger partial charge on any atom is 0.307 e. The summed E-state index contributed by atoms with van der Waals surface area (Å²) in [6, 6.07) is 14.1. The Morgan fingerprint density at radius 3 is 2.41 bits per heavy atom. The molecule has 1 heterocycles. The van der Waals surface area contributed by atoms with Gasteiger partial charge in [-0.1, -0.05) is 73.4 Å². The minimum absolute atomic E-state index is 0.112. The van der Waals surface area contributed by atoms with Crippen molar-refractivity contribution in [2.24, 2.45) is 5.92 Å². The van der Waals surface area contributed by atoms with Gasteiger partial charge in [-0.2, -0.15) is 0 Å². The van der Waals surface area contributed by atoms with Gasteiger partial charge in [-0.05, 0) is 48.1 Å². The first-order valence-corrected chi connectivity index (χ1v) is 10.1. The van der Waals surface area contributed by atoms with E-state index in [9.17, 15) is 9.90 Å². The lowest BCUT2D eigenvalue weighted by atomic mass is 9.90. The molecule has 2 aromatic rings. The lowest BCUT2D eigenvalue weighted by Crippen LogP contribution is -2.41. The fourth-order valence-corrected chi connectivity index (χ4v) is 4.24. The molecule has 0 bridgehead atoms. The Morgan fingerprint density at radius 1 is 1.11 bits per heavy atom. The summed E-state index contributed by atoms with van der Waals surface area (Å²) >= 11 is 12.8. The fraction of sp³-hybridized carbons (Fsp3) is 0.409. The Bertz CT molecular complexity index is 804. The zero-order chi connectivity index (χ0) is 19.6. The van der Waals surface area contributed by atoms with Crippen LogP contribution in [-0.2, 0) is 4.79 Å². The number of rotatable bonds is 5. The van der Waals surface area contributed by atoms with Crippen molar-refractivity contribution in [3.63, 3.8) is 0 Å². The van der Waals surface area contributed by atoms with Crippen molar-refractivity contribution in [3.05, 3.63) is 69.2 Å². The van der Waals surface area contributed by atoms with Gasteiger partial charge in [0.2, 0.25) is 0 Å². The third kappa shape index (κ3) is 4.48. The molecule has 0 saturated carbocycles. The summed E-state index contributed by atoms with van der Waals surface area (Å²) in [5, 5.41) is 10.6. The van der Waals surface area contributed by atoms with Crippen LogP contribution in [0.15, 0.2) is 42.5 Å². The lowest BCUT2D eigenvalue weighted by molar-refractivity contribution is -0.143. The zero-order valence-electron chi connectivity index (χ0n) is 15.7. The maximum atomic E-state index is 11.6. The predicted octanol–water partition coefficient (Wildman–Crippen LogP) is 6.00. The molecule has 2 aromatic carbocycles. The van der Waals surface area contributed by atoms with Crippen molar-refractivity contribution in [1.29, 1.82) is 0 Å². The normalized spacial score (nSPS) is 19.2. The Labute approximate surface area is 170 Å². The van der Waals surface area contributed by atoms with Crippen molar-refractivity contribution in [2.45, 2.75) is 38.6 Å². The Morgan fingerprint density at radius 2 is 1.78 bits per heavy atom. The van der Waals surface area contributed by atoms with Crippen molar-refractivity contribution >= 4 is 29.2 Å². The number of nitrogens with zero attached hydrogens (tertiary/aromatic N) is 1. The third-order valence-electron chi connectivity index (χ3n) is 5.36. The maximum absolute atomic E-state index is 11.6. The van der Waals surface area contributed by atoms with E-state index < -0.39 is 5.97 Å². The third-order valence-corrected chi connectivity index (χ3v) is 6.20. The molecule has 1 N–H and O–H groups in total. The first kappa shape index (κ1) is 20.2. The average molecular weight is 406 g/mol. The highest BCUT2D eigenvalue weighted by molar-refractivity contribution is 6.42. The summed E-state index contributed by atoms with van der Waals surface area (Å²) in [5.41, 5.74) is 3.30. The van der Waals surface area contributed by atoms with Crippen molar-refractivity contribution in [2.75, 3.05) is 13.1 Å². The zero-order valence-corrected chi connectivity index (χ0v) is 17.2. The predicted molar refractivity (Wildman–Crippen MR) is 111 cm³/mol. The van der Waals surface area contributed by atoms with Crippen LogP contribution in [0.3, 0.4) is 0 Å². The largest absolute Gasteiger partial charge is 0.481 e. The number of likely N-dealkylation sites (tertiary alicyclic amines) is 1. The Balaban J connectivity index is 2.03. The lowest BCUT2D eigenvalue weighted by Gasteiger charge is -2.38. The van der Waals surface area contributed by atoms with Crippen molar-refractivity contribution in [1.82, 2.24) is 4.90 Å². The Hall–Kier alpha value is -1.55. The topological polar surface area (TPSA) is 40.5 Å². The van der Waals surface area contributed by atoms with E-state index in [0.717, 1.165) is 24.1 Å². The van der Waals surface area contributed by atoms with E-state index in [-0.39, 0.29) is 12.0 Å². The highest BCUT2D eigenvalue weighted by Crippen LogP contribution is 2.39. The number of carboxylic acid groups (broad SMARTS) is 1. The standard InChI is InChI=1S/C22H25Cl2NO2/c1-14(2)15-8-10-16(11-9-15)21(18-6-3-7-19(23)20(18)24)25-12-4-5-17(13-25)22(26)27/h3,6-11,14,17,21H,4-5,12-13H2,1-2H3,(H,26,27). The fourth-order valence-electron chi connectivity index (χ4n) is 3.82. The van der Waals surface area contributed by atoms with Gasteiger partial charge in [0.05, 0.1) is 22.0 Å². The van der Waals surface area contributed by atoms with Crippen molar-refractivity contribution in [3.8, 4) is 0 Å². The summed E-state index contributed by atoms with van der Waals surface area (Å²) < 4.78 is 0. The SMILES string of the molecule is CC(C)c1ccc(C(c2cccc(Cl)c2Cl)N2CCCC(C(=O)O)C2)cc1. The Kier molecular flexibility index (Phi) is 6.46. The second-order valence-electron chi connectivity index (χ2n) is 7.54. The molecule has 0 amide bonds. The van der Waals surface area contributed by atoms with Gasteiger partial charge in [-0.3, -0.25) is 9.69 Å². The van der Waals surface area contributed by atoms with E-state index in [4.69, 9.17) is 23.2 Å². The number of carboxylic acids is 1. The second-order valence-corrected chi connectivity index (χ2v) is 8.32. The number of halogens is 2. The summed E-state index contributed by atoms with van der Waals surface area (Å²) in [5.74, 6) is -0.626. The smallest absolute Gasteiger partial charge is 0.307 e. The van der Waals surface area contributed by atoms with Gasteiger partial charge in [0, 0.05) is 6.54 Å². The number of hydrogen-bond donors (Lipinski definition) is 1. The molecule has 1 aliphatic heterocycles. The van der Waals surface area contributed by atoms with Crippen LogP contribution in [0.25, 0.3) is 0 Å². The summed E-state index contributed by atoms with van der Waals surface area (Å²) in [7, 11) is 0. The molecule has 5 heteroatoms. The molecular formula is C22H25Cl2NO2. The molecule has 2 unspecified atom stereocenters. The molecule has 0 radical (unpaired) electrons. The van der Waals surface area contributed by atoms with Crippen LogP contribution >= 0.6 is 23.2 Å². The first-order valence-electron chi connectivity index (χ1n) is 9.39. The average Bonchev–Trinajstić information content (AvgIpc) is 2.66. The highest BCUT2D eigenvalue weighted by atomic mass is 35.5. The number of benzene rings is 2. The molecule has 1 aliphatic rings. The number of hydrogen-bond acceptors (Lipinski definition) is 2. The van der Waals surface area contributed by atoms with E-state index >= 15 is 0 Å². The molecule has 0 aromatic heterocycles. The number of aliphatic carboxylic acids is 1. The van der Waals surface area contributed by atoms with Gasteiger partial charge in [0.1, 0.15) is 0 Å². The molecule has 1 saturated heterocycles. The summed E-state index contributed by atoms with van der Waals surface area (Å²) in [4.78, 5) is 13.8. The van der Waals surface area contributed by atoms with Gasteiger partial charge < -0.3 is 5.11 Å². The molecule has 27 heavy (non-hydrogen) atoms. The van der Waals surface area contributed by atoms with Crippen molar-refractivity contribution < 1.29 is 9.90 Å². The molecule has 3 nitrogen and oxygen atoms in total. The van der Waals surface area contributed by atoms with Gasteiger partial charge >= 0.3 is 5.97 Å². The van der Waals surface area contributed by atoms with Gasteiger partial charge in [-0.15, -0.1) is 0 Å². The number of piperidine rings is 1. The minimum Gasteiger partial charge on any atom is -0.481 e. The van der Waals surface area contributed by atoms with E-state index in [2.05, 4.69) is 43.0 Å². The quantitative estimate of drug-likeness (QED) is 0.662. The molecule has 144 valence electrons. The van der Waals surface area contributed by atoms with Crippen LogP contribution in [-0.4, -0.2) is 29.1 Å². The van der Waals surface area contributed by atoms with Gasteiger partial charge in [0.25, 0.3) is 0 Å². The van der Waals surface area contributed by atoms with E-state index in [1.165, 1.54) is 5.56 Å². The molecule has 0 aliphatic carbocycles. The molecule has 3 rings (SSSR count). The molecule has 0 spiro atoms. The van der Waals surface area contributed by atoms with Gasteiger partial charge in [-0.25, -0.2) is 0 Å². The molecule has 1 fully saturated rings. The highest BCUT2D eigenvalue weighted by Gasteiger charge is 2.32. The number of carbonyl (C=O) groups is 1. The first-order chi connectivity index (χ1) is 12.9. The van der Waals surface area contributed by atoms with Crippen LogP contribution in [0.5, 0.6) is 0 Å². The minimum atomic E-state index is -0.731. The summed E-state index contributed by atoms with van der Waals surface area (Å²) in [6.45, 7) is 5.68. The molecular weight excluding hydrogens is 381 g/mol. The van der Waals surface area contributed by atoms with Crippen LogP contribution in [0.4, 0.5) is 0 Å². The van der Waals surface area contributed by atoms with E-state index in [1.807, 2.05) is 12.1 Å². The monoisotopic (exact) mass is 405 g/mol. The van der Waals surface area contributed by atoms with Crippen LogP contribution in [0.2, 0.25) is 10.0 Å². The van der Waals surface area contributed by atoms with Crippen LogP contribution in [0, 0.1) is 5.92 Å². The summed E-state index contributed by atoms with van der Waals surface area (Å²) in [6.07, 6.45) is 1.57. The van der Waals surface area contributed by atoms with Crippen LogP contribution in [0.1, 0.15) is 55.3 Å². The van der Waals surface area contributed by atoms with E-state index in [1.54, 1.807) is 6.07 Å². The van der Waals surface area contributed by atoms with Crippen LogP contribution < -0.4 is 0 Å².